The second-order valence-corrected chi connectivity index (χ2v) is 5.11. The molecule has 0 aliphatic heterocycles. The molecular weight excluding hydrogens is 321 g/mol. The average molecular weight is 332 g/mol. The van der Waals surface area contributed by atoms with E-state index in [0.717, 1.165) is 12.1 Å². The average Bonchev–Trinajstić information content (AvgIpc) is 2.80. The topological polar surface area (TPSA) is 107 Å². The van der Waals surface area contributed by atoms with E-state index in [-0.39, 0.29) is 23.7 Å². The summed E-state index contributed by atoms with van der Waals surface area (Å²) in [4.78, 5) is 7.92. The zero-order valence-corrected chi connectivity index (χ0v) is 12.2. The van der Waals surface area contributed by atoms with Gasteiger partial charge in [0.25, 0.3) is 0 Å². The summed E-state index contributed by atoms with van der Waals surface area (Å²) in [5.74, 6) is 0.258. The van der Waals surface area contributed by atoms with Crippen molar-refractivity contribution in [3.05, 3.63) is 47.3 Å². The number of anilines is 2. The highest BCUT2D eigenvalue weighted by molar-refractivity contribution is 5.96. The summed E-state index contributed by atoms with van der Waals surface area (Å²) in [6, 6.07) is 6.65. The van der Waals surface area contributed by atoms with Gasteiger partial charge in [-0.2, -0.15) is 18.4 Å². The zero-order chi connectivity index (χ0) is 17.5. The monoisotopic (exact) mass is 332 g/mol. The van der Waals surface area contributed by atoms with Crippen LogP contribution in [0.4, 0.5) is 24.8 Å². The lowest BCUT2D eigenvalue weighted by atomic mass is 10.1. The van der Waals surface area contributed by atoms with Crippen LogP contribution in [0.3, 0.4) is 0 Å². The lowest BCUT2D eigenvalue weighted by Crippen LogP contribution is -2.07. The molecule has 9 heteroatoms. The Labute approximate surface area is 134 Å². The van der Waals surface area contributed by atoms with E-state index >= 15 is 0 Å². The van der Waals surface area contributed by atoms with Gasteiger partial charge in [0.05, 0.1) is 17.5 Å². The molecule has 0 saturated carbocycles. The maximum atomic E-state index is 12.6. The molecule has 3 aromatic rings. The molecule has 0 unspecified atom stereocenters. The van der Waals surface area contributed by atoms with Crippen LogP contribution in [-0.2, 0) is 12.7 Å². The first-order valence-corrected chi connectivity index (χ1v) is 6.77. The maximum absolute atomic E-state index is 12.6. The maximum Gasteiger partial charge on any atom is 0.416 e. The van der Waals surface area contributed by atoms with Gasteiger partial charge < -0.3 is 16.0 Å². The van der Waals surface area contributed by atoms with E-state index in [1.165, 1.54) is 23.0 Å². The summed E-state index contributed by atoms with van der Waals surface area (Å²) in [5.41, 5.74) is 12.1. The molecular formula is C15H11F3N6. The fraction of sp³-hybridized carbons (Fsp3) is 0.133. The molecule has 24 heavy (non-hydrogen) atoms. The number of fused-ring (bicyclic) bond motifs is 1. The zero-order valence-electron chi connectivity index (χ0n) is 12.2. The van der Waals surface area contributed by atoms with Crippen LogP contribution in [0.25, 0.3) is 11.0 Å². The summed E-state index contributed by atoms with van der Waals surface area (Å²) in [6.45, 7) is 0.151. The summed E-state index contributed by atoms with van der Waals surface area (Å²) in [7, 11) is 0. The number of nitrogens with zero attached hydrogens (tertiary/aromatic N) is 4. The van der Waals surface area contributed by atoms with E-state index in [0.29, 0.717) is 16.6 Å². The van der Waals surface area contributed by atoms with Crippen molar-refractivity contribution in [2.75, 3.05) is 11.5 Å². The number of aromatic nitrogens is 3. The quantitative estimate of drug-likeness (QED) is 0.750. The second-order valence-electron chi connectivity index (χ2n) is 5.11. The van der Waals surface area contributed by atoms with Crippen molar-refractivity contribution in [1.29, 1.82) is 5.26 Å². The first-order valence-electron chi connectivity index (χ1n) is 6.77. The highest BCUT2D eigenvalue weighted by Crippen LogP contribution is 2.31. The van der Waals surface area contributed by atoms with Crippen LogP contribution in [0.5, 0.6) is 0 Å². The van der Waals surface area contributed by atoms with E-state index in [2.05, 4.69) is 9.97 Å². The smallest absolute Gasteiger partial charge is 0.384 e. The summed E-state index contributed by atoms with van der Waals surface area (Å²) < 4.78 is 39.4. The second kappa shape index (κ2) is 5.42. The number of rotatable bonds is 2. The highest BCUT2D eigenvalue weighted by Gasteiger charge is 2.30. The van der Waals surface area contributed by atoms with Gasteiger partial charge in [-0.1, -0.05) is 12.1 Å². The van der Waals surface area contributed by atoms with Gasteiger partial charge in [-0.3, -0.25) is 0 Å². The Morgan fingerprint density at radius 1 is 1.12 bits per heavy atom. The van der Waals surface area contributed by atoms with E-state index < -0.39 is 11.7 Å². The normalized spacial score (nSPS) is 11.6. The predicted octanol–water partition coefficient (Wildman–Crippen LogP) is 2.53. The third kappa shape index (κ3) is 2.48. The van der Waals surface area contributed by atoms with Crippen LogP contribution in [0.15, 0.2) is 30.6 Å². The molecule has 0 bridgehead atoms. The minimum absolute atomic E-state index is 0.120. The van der Waals surface area contributed by atoms with Crippen LogP contribution in [0.2, 0.25) is 0 Å². The van der Waals surface area contributed by atoms with Gasteiger partial charge >= 0.3 is 6.18 Å². The van der Waals surface area contributed by atoms with Crippen molar-refractivity contribution in [3.63, 3.8) is 0 Å². The Hall–Kier alpha value is -3.28. The fourth-order valence-corrected chi connectivity index (χ4v) is 2.47. The summed E-state index contributed by atoms with van der Waals surface area (Å²) in [6.07, 6.45) is -3.16. The fourth-order valence-electron chi connectivity index (χ4n) is 2.47. The van der Waals surface area contributed by atoms with Crippen molar-refractivity contribution >= 4 is 22.7 Å². The van der Waals surface area contributed by atoms with Gasteiger partial charge in [-0.15, -0.1) is 0 Å². The van der Waals surface area contributed by atoms with E-state index in [4.69, 9.17) is 11.5 Å². The number of hydrogen-bond acceptors (Lipinski definition) is 5. The highest BCUT2D eigenvalue weighted by atomic mass is 19.4. The van der Waals surface area contributed by atoms with Crippen LogP contribution >= 0.6 is 0 Å². The predicted molar refractivity (Wildman–Crippen MR) is 81.6 cm³/mol. The summed E-state index contributed by atoms with van der Waals surface area (Å²) >= 11 is 0. The van der Waals surface area contributed by atoms with Crippen LogP contribution in [0.1, 0.15) is 16.7 Å². The molecule has 0 amide bonds. The number of hydrogen-bond donors (Lipinski definition) is 2. The van der Waals surface area contributed by atoms with Gasteiger partial charge in [-0.25, -0.2) is 9.97 Å². The van der Waals surface area contributed by atoms with E-state index in [9.17, 15) is 18.4 Å². The Bertz CT molecular complexity index is 950. The van der Waals surface area contributed by atoms with Crippen molar-refractivity contribution < 1.29 is 13.2 Å². The van der Waals surface area contributed by atoms with Gasteiger partial charge in [0.2, 0.25) is 0 Å². The number of benzene rings is 1. The van der Waals surface area contributed by atoms with Crippen LogP contribution in [-0.4, -0.2) is 14.5 Å². The van der Waals surface area contributed by atoms with E-state index in [1.807, 2.05) is 6.07 Å². The lowest BCUT2D eigenvalue weighted by molar-refractivity contribution is -0.137. The molecule has 1 aromatic carbocycles. The Balaban J connectivity index is 2.07. The molecule has 0 aliphatic rings. The SMILES string of the molecule is N#Cc1c(N)n(Cc2ccc(C(F)(F)F)cc2)c2ncnc(N)c12. The number of nitriles is 1. The molecule has 0 atom stereocenters. The molecule has 0 radical (unpaired) electrons. The Kier molecular flexibility index (Phi) is 3.52. The van der Waals surface area contributed by atoms with Gasteiger partial charge in [0.1, 0.15) is 35.2 Å². The number of alkyl halides is 3. The van der Waals surface area contributed by atoms with Crippen molar-refractivity contribution in [2.45, 2.75) is 12.7 Å². The van der Waals surface area contributed by atoms with Crippen LogP contribution < -0.4 is 11.5 Å². The molecule has 0 spiro atoms. The summed E-state index contributed by atoms with van der Waals surface area (Å²) in [5, 5.41) is 9.60. The van der Waals surface area contributed by atoms with Crippen molar-refractivity contribution in [1.82, 2.24) is 14.5 Å². The number of halogens is 3. The molecule has 0 fully saturated rings. The Morgan fingerprint density at radius 3 is 2.38 bits per heavy atom. The van der Waals surface area contributed by atoms with Gasteiger partial charge in [0.15, 0.2) is 0 Å². The standard InChI is InChI=1S/C15H11F3N6/c16-15(17,18)9-3-1-8(2-4-9)6-24-13(21)10(5-19)11-12(20)22-7-23-14(11)24/h1-4,7H,6,21H2,(H2,20,22,23). The first-order chi connectivity index (χ1) is 11.3. The molecule has 0 saturated heterocycles. The van der Waals surface area contributed by atoms with Gasteiger partial charge in [0, 0.05) is 0 Å². The largest absolute Gasteiger partial charge is 0.416 e. The van der Waals surface area contributed by atoms with Crippen molar-refractivity contribution in [3.8, 4) is 6.07 Å². The minimum atomic E-state index is -4.40. The number of nitrogens with two attached hydrogens (primary N) is 2. The molecule has 0 aliphatic carbocycles. The molecule has 122 valence electrons. The Morgan fingerprint density at radius 2 is 1.79 bits per heavy atom. The van der Waals surface area contributed by atoms with Crippen molar-refractivity contribution in [2.24, 2.45) is 0 Å². The third-order valence-corrected chi connectivity index (χ3v) is 3.64. The van der Waals surface area contributed by atoms with Gasteiger partial charge in [-0.05, 0) is 17.7 Å². The third-order valence-electron chi connectivity index (χ3n) is 3.64. The number of nitrogen functional groups attached to an aromatic ring is 2. The first kappa shape index (κ1) is 15.6. The van der Waals surface area contributed by atoms with E-state index in [1.54, 1.807) is 0 Å². The van der Waals surface area contributed by atoms with Crippen LogP contribution in [0, 0.1) is 11.3 Å². The molecule has 4 N–H and O–H groups in total. The lowest BCUT2D eigenvalue weighted by Gasteiger charge is -2.10. The molecule has 2 aromatic heterocycles. The molecule has 6 nitrogen and oxygen atoms in total. The molecule has 3 rings (SSSR count). The molecule has 2 heterocycles. The minimum Gasteiger partial charge on any atom is -0.384 e.